The molecule has 0 fully saturated rings. The van der Waals surface area contributed by atoms with Crippen LogP contribution in [0.4, 0.5) is 0 Å². The Morgan fingerprint density at radius 1 is 1.43 bits per heavy atom. The number of primary amides is 1. The molecule has 116 valence electrons. The zero-order valence-electron chi connectivity index (χ0n) is 12.3. The van der Waals surface area contributed by atoms with Crippen LogP contribution in [0.5, 0.6) is 0 Å². The molecule has 1 atom stereocenters. The van der Waals surface area contributed by atoms with Gasteiger partial charge < -0.3 is 10.7 Å². The Bertz CT molecular complexity index is 636. The number of unbranched alkanes of at least 4 members (excludes halogenated alkanes) is 1. The molecule has 0 aliphatic carbocycles. The average Bonchev–Trinajstić information content (AvgIpc) is 2.79. The smallest absolute Gasteiger partial charge is 0.305 e. The number of carbonyl (C=O) groups excluding carboxylic acids is 1. The summed E-state index contributed by atoms with van der Waals surface area (Å²) in [5.74, 6) is -0.0316. The number of rotatable bonds is 5. The van der Waals surface area contributed by atoms with Crippen molar-refractivity contribution >= 4 is 39.1 Å². The number of carbonyl (C=O) groups is 1. The highest BCUT2D eigenvalue weighted by molar-refractivity contribution is 7.16. The van der Waals surface area contributed by atoms with Crippen molar-refractivity contribution in [3.8, 4) is 0 Å². The van der Waals surface area contributed by atoms with Crippen LogP contribution in [0.2, 0.25) is 5.02 Å². The van der Waals surface area contributed by atoms with E-state index < -0.39 is 0 Å². The molecule has 6 heteroatoms. The molecule has 1 aromatic heterocycles. The lowest BCUT2D eigenvalue weighted by atomic mass is 9.99. The largest absolute Gasteiger partial charge is 0.369 e. The number of hydrogen-bond donors (Lipinski definition) is 2. The van der Waals surface area contributed by atoms with Gasteiger partial charge in [0.05, 0.1) is 10.2 Å². The molecule has 2 rings (SSSR count). The zero-order chi connectivity index (χ0) is 15.8. The highest BCUT2D eigenvalue weighted by Crippen LogP contribution is 2.18. The number of fused-ring (bicyclic) bond motifs is 1. The molecule has 1 aromatic carbocycles. The van der Waals surface area contributed by atoms with Crippen LogP contribution in [0.3, 0.4) is 0 Å². The fourth-order valence-corrected chi connectivity index (χ4v) is 2.81. The molecular formula is C15H21ClN2O2S. The lowest BCUT2D eigenvalue weighted by Crippen LogP contribution is -2.22. The fraction of sp³-hybridized carbons (Fsp3) is 0.467. The van der Waals surface area contributed by atoms with Crippen molar-refractivity contribution < 1.29 is 4.79 Å². The number of hydrogen-bond acceptors (Lipinski definition) is 3. The minimum Gasteiger partial charge on any atom is -0.369 e. The van der Waals surface area contributed by atoms with Gasteiger partial charge in [-0.15, -0.1) is 0 Å². The van der Waals surface area contributed by atoms with Crippen molar-refractivity contribution in [2.45, 2.75) is 39.5 Å². The van der Waals surface area contributed by atoms with Crippen molar-refractivity contribution in [3.63, 3.8) is 0 Å². The number of thiazole rings is 1. The Hall–Kier alpha value is -1.33. The van der Waals surface area contributed by atoms with Crippen molar-refractivity contribution in [2.24, 2.45) is 11.7 Å². The normalized spacial score (nSPS) is 11.8. The summed E-state index contributed by atoms with van der Waals surface area (Å²) < 4.78 is 0.944. The Labute approximate surface area is 133 Å². The van der Waals surface area contributed by atoms with Gasteiger partial charge in [-0.3, -0.25) is 9.59 Å². The Morgan fingerprint density at radius 3 is 2.71 bits per heavy atom. The highest BCUT2D eigenvalue weighted by Gasteiger charge is 2.10. The van der Waals surface area contributed by atoms with E-state index in [1.807, 2.05) is 13.0 Å². The van der Waals surface area contributed by atoms with Gasteiger partial charge in [0.15, 0.2) is 0 Å². The molecule has 0 aliphatic heterocycles. The summed E-state index contributed by atoms with van der Waals surface area (Å²) in [5.41, 5.74) is 5.96. The summed E-state index contributed by atoms with van der Waals surface area (Å²) in [6.45, 7) is 4.12. The molecule has 0 spiro atoms. The van der Waals surface area contributed by atoms with Gasteiger partial charge in [0.1, 0.15) is 0 Å². The first-order valence-corrected chi connectivity index (χ1v) is 8.25. The summed E-state index contributed by atoms with van der Waals surface area (Å²) in [5, 5.41) is 0.645. The first-order chi connectivity index (χ1) is 9.97. The third-order valence-electron chi connectivity index (χ3n) is 3.18. The first kappa shape index (κ1) is 17.7. The standard InChI is InChI=1S/C8H17NO.C7H4ClNOS/c1-3-5-6-7(4-2)8(9)10;8-4-1-2-6-5(3-4)9-7(10)11-6/h7H,3-6H2,1-2H3,(H2,9,10);1-3H,(H,9,10). The number of aromatic nitrogens is 1. The van der Waals surface area contributed by atoms with Crippen LogP contribution in [0, 0.1) is 5.92 Å². The molecule has 3 N–H and O–H groups in total. The number of benzene rings is 1. The van der Waals surface area contributed by atoms with Crippen molar-refractivity contribution in [3.05, 3.63) is 32.9 Å². The lowest BCUT2D eigenvalue weighted by Gasteiger charge is -2.08. The summed E-state index contributed by atoms with van der Waals surface area (Å²) >= 11 is 6.90. The molecule has 4 nitrogen and oxygen atoms in total. The predicted octanol–water partition coefficient (Wildman–Crippen LogP) is 3.93. The van der Waals surface area contributed by atoms with Gasteiger partial charge in [-0.2, -0.15) is 0 Å². The second kappa shape index (κ2) is 8.85. The van der Waals surface area contributed by atoms with Gasteiger partial charge in [-0.1, -0.05) is 49.6 Å². The second-order valence-electron chi connectivity index (χ2n) is 4.80. The van der Waals surface area contributed by atoms with E-state index in [9.17, 15) is 9.59 Å². The Kier molecular flexibility index (Phi) is 7.47. The van der Waals surface area contributed by atoms with Crippen molar-refractivity contribution in [1.29, 1.82) is 0 Å². The number of halogens is 1. The van der Waals surface area contributed by atoms with Crippen LogP contribution in [0.15, 0.2) is 23.0 Å². The van der Waals surface area contributed by atoms with Crippen molar-refractivity contribution in [1.82, 2.24) is 4.98 Å². The molecule has 0 saturated heterocycles. The maximum atomic E-state index is 10.8. The molecular weight excluding hydrogens is 308 g/mol. The molecule has 1 unspecified atom stereocenters. The van der Waals surface area contributed by atoms with Crippen LogP contribution >= 0.6 is 22.9 Å². The Balaban J connectivity index is 0.000000212. The molecule has 1 heterocycles. The number of aromatic amines is 1. The van der Waals surface area contributed by atoms with Crippen LogP contribution in [-0.2, 0) is 4.79 Å². The topological polar surface area (TPSA) is 76.0 Å². The van der Waals surface area contributed by atoms with E-state index in [0.29, 0.717) is 5.02 Å². The van der Waals surface area contributed by atoms with Crippen LogP contribution in [-0.4, -0.2) is 10.9 Å². The summed E-state index contributed by atoms with van der Waals surface area (Å²) in [6.07, 6.45) is 4.10. The van der Waals surface area contributed by atoms with E-state index in [-0.39, 0.29) is 16.7 Å². The predicted molar refractivity (Wildman–Crippen MR) is 90.0 cm³/mol. The quantitative estimate of drug-likeness (QED) is 0.872. The third kappa shape index (κ3) is 5.89. The highest BCUT2D eigenvalue weighted by atomic mass is 35.5. The number of H-pyrrole nitrogens is 1. The molecule has 0 radical (unpaired) electrons. The Morgan fingerprint density at radius 2 is 2.14 bits per heavy atom. The van der Waals surface area contributed by atoms with Gasteiger partial charge in [0.25, 0.3) is 0 Å². The summed E-state index contributed by atoms with van der Waals surface area (Å²) in [4.78, 5) is 24.1. The van der Waals surface area contributed by atoms with E-state index in [1.165, 1.54) is 11.3 Å². The molecule has 21 heavy (non-hydrogen) atoms. The maximum absolute atomic E-state index is 10.8. The van der Waals surface area contributed by atoms with Crippen molar-refractivity contribution in [2.75, 3.05) is 0 Å². The number of nitrogens with one attached hydrogen (secondary N) is 1. The van der Waals surface area contributed by atoms with E-state index in [2.05, 4.69) is 11.9 Å². The van der Waals surface area contributed by atoms with Gasteiger partial charge in [-0.05, 0) is 31.0 Å². The van der Waals surface area contributed by atoms with E-state index in [1.54, 1.807) is 12.1 Å². The van der Waals surface area contributed by atoms with Gasteiger partial charge in [0.2, 0.25) is 5.91 Å². The molecule has 0 aliphatic rings. The summed E-state index contributed by atoms with van der Waals surface area (Å²) in [7, 11) is 0. The van der Waals surface area contributed by atoms with E-state index in [4.69, 9.17) is 17.3 Å². The van der Waals surface area contributed by atoms with Gasteiger partial charge in [0, 0.05) is 10.9 Å². The maximum Gasteiger partial charge on any atom is 0.305 e. The molecule has 2 aromatic rings. The van der Waals surface area contributed by atoms with E-state index in [0.717, 1.165) is 35.9 Å². The number of amides is 1. The molecule has 1 amide bonds. The number of nitrogens with two attached hydrogens (primary N) is 1. The van der Waals surface area contributed by atoms with Crippen LogP contribution in [0.25, 0.3) is 10.2 Å². The van der Waals surface area contributed by atoms with Crippen LogP contribution < -0.4 is 10.6 Å². The molecule has 0 bridgehead atoms. The minimum absolute atomic E-state index is 0.0396. The first-order valence-electron chi connectivity index (χ1n) is 7.05. The van der Waals surface area contributed by atoms with Crippen LogP contribution in [0.1, 0.15) is 39.5 Å². The second-order valence-corrected chi connectivity index (χ2v) is 6.26. The average molecular weight is 329 g/mol. The fourth-order valence-electron chi connectivity index (χ4n) is 1.92. The zero-order valence-corrected chi connectivity index (χ0v) is 13.9. The monoisotopic (exact) mass is 328 g/mol. The third-order valence-corrected chi connectivity index (χ3v) is 4.28. The lowest BCUT2D eigenvalue weighted by molar-refractivity contribution is -0.122. The van der Waals surface area contributed by atoms with Gasteiger partial charge in [-0.25, -0.2) is 0 Å². The van der Waals surface area contributed by atoms with Gasteiger partial charge >= 0.3 is 4.87 Å². The van der Waals surface area contributed by atoms with E-state index >= 15 is 0 Å². The minimum atomic E-state index is -0.143. The summed E-state index contributed by atoms with van der Waals surface area (Å²) in [6, 6.07) is 5.35. The SMILES string of the molecule is CCCCC(CC)C(N)=O.O=c1[nH]c2cc(Cl)ccc2s1. The molecule has 0 saturated carbocycles.